The van der Waals surface area contributed by atoms with Crippen LogP contribution in [0.25, 0.3) is 0 Å². The molecular formula is C23H35ClFN3. The summed E-state index contributed by atoms with van der Waals surface area (Å²) >= 11 is 6.25. The molecule has 0 spiro atoms. The second kappa shape index (κ2) is 10.2. The fourth-order valence-corrected chi connectivity index (χ4v) is 4.83. The van der Waals surface area contributed by atoms with Crippen molar-refractivity contribution >= 4 is 11.6 Å². The molecule has 0 bridgehead atoms. The maximum atomic E-state index is 14.2. The van der Waals surface area contributed by atoms with Crippen LogP contribution in [0.4, 0.5) is 4.39 Å². The standard InChI is InChI=1S/C23H35ClFN3/c1-4-20(24)16-27-12-13-28(21(5-2)17-27)22-8-10-26(11-9-22)15-19-7-6-18(3)14-23(19)25/h4,6-7,14,21-22H,5,8-13,15-17H2,1-3H3/b20-4+. The summed E-state index contributed by atoms with van der Waals surface area (Å²) in [6.45, 7) is 13.3. The molecule has 2 heterocycles. The summed E-state index contributed by atoms with van der Waals surface area (Å²) in [6, 6.07) is 6.87. The number of aryl methyl sites for hydroxylation is 1. The van der Waals surface area contributed by atoms with Gasteiger partial charge in [-0.05, 0) is 57.8 Å². The average Bonchev–Trinajstić information content (AvgIpc) is 2.70. The summed E-state index contributed by atoms with van der Waals surface area (Å²) < 4.78 is 14.2. The molecule has 156 valence electrons. The third-order valence-electron chi connectivity index (χ3n) is 6.40. The average molecular weight is 408 g/mol. The predicted octanol–water partition coefficient (Wildman–Crippen LogP) is 4.64. The highest BCUT2D eigenvalue weighted by Gasteiger charge is 2.33. The van der Waals surface area contributed by atoms with Crippen LogP contribution in [0.3, 0.4) is 0 Å². The van der Waals surface area contributed by atoms with Crippen LogP contribution in [0.5, 0.6) is 0 Å². The van der Waals surface area contributed by atoms with Crippen LogP contribution in [0, 0.1) is 12.7 Å². The molecule has 0 saturated carbocycles. The smallest absolute Gasteiger partial charge is 0.127 e. The lowest BCUT2D eigenvalue weighted by molar-refractivity contribution is 0.0156. The van der Waals surface area contributed by atoms with E-state index in [1.807, 2.05) is 32.1 Å². The Balaban J connectivity index is 1.51. The summed E-state index contributed by atoms with van der Waals surface area (Å²) in [5, 5.41) is 0.944. The molecule has 0 aromatic heterocycles. The minimum Gasteiger partial charge on any atom is -0.299 e. The van der Waals surface area contributed by atoms with E-state index >= 15 is 0 Å². The summed E-state index contributed by atoms with van der Waals surface area (Å²) in [5.74, 6) is -0.0657. The van der Waals surface area contributed by atoms with Gasteiger partial charge in [-0.1, -0.05) is 36.7 Å². The fourth-order valence-electron chi connectivity index (χ4n) is 4.66. The summed E-state index contributed by atoms with van der Waals surface area (Å²) in [4.78, 5) is 7.64. The van der Waals surface area contributed by atoms with Gasteiger partial charge in [0.2, 0.25) is 0 Å². The third kappa shape index (κ3) is 5.56. The molecule has 2 aliphatic rings. The molecule has 2 aliphatic heterocycles. The zero-order chi connectivity index (χ0) is 20.1. The van der Waals surface area contributed by atoms with Gasteiger partial charge in [0.1, 0.15) is 5.82 Å². The molecule has 1 unspecified atom stereocenters. The highest BCUT2D eigenvalue weighted by atomic mass is 35.5. The Hall–Kier alpha value is -0.940. The van der Waals surface area contributed by atoms with Gasteiger partial charge in [-0.15, -0.1) is 0 Å². The Morgan fingerprint density at radius 1 is 1.18 bits per heavy atom. The molecule has 1 aromatic carbocycles. The number of hydrogen-bond donors (Lipinski definition) is 0. The highest BCUT2D eigenvalue weighted by Crippen LogP contribution is 2.25. The lowest BCUT2D eigenvalue weighted by Crippen LogP contribution is -2.58. The summed E-state index contributed by atoms with van der Waals surface area (Å²) in [5.41, 5.74) is 1.81. The number of rotatable bonds is 6. The molecule has 1 aromatic rings. The number of nitrogens with zero attached hydrogens (tertiary/aromatic N) is 3. The van der Waals surface area contributed by atoms with Crippen LogP contribution in [-0.4, -0.2) is 66.1 Å². The third-order valence-corrected chi connectivity index (χ3v) is 6.74. The quantitative estimate of drug-likeness (QED) is 0.680. The number of piperazine rings is 1. The molecule has 2 saturated heterocycles. The number of benzene rings is 1. The molecule has 5 heteroatoms. The molecule has 3 rings (SSSR count). The van der Waals surface area contributed by atoms with Crippen LogP contribution >= 0.6 is 11.6 Å². The maximum Gasteiger partial charge on any atom is 0.127 e. The summed E-state index contributed by atoms with van der Waals surface area (Å²) in [6.07, 6.45) is 5.54. The van der Waals surface area contributed by atoms with Crippen molar-refractivity contribution in [1.29, 1.82) is 0 Å². The molecule has 0 radical (unpaired) electrons. The molecule has 0 N–H and O–H groups in total. The van der Waals surface area contributed by atoms with Gasteiger partial charge in [0.15, 0.2) is 0 Å². The zero-order valence-electron chi connectivity index (χ0n) is 17.6. The van der Waals surface area contributed by atoms with Gasteiger partial charge >= 0.3 is 0 Å². The normalized spacial score (nSPS) is 24.0. The second-order valence-corrected chi connectivity index (χ2v) is 8.86. The van der Waals surface area contributed by atoms with E-state index in [9.17, 15) is 4.39 Å². The van der Waals surface area contributed by atoms with Crippen LogP contribution in [-0.2, 0) is 6.54 Å². The Morgan fingerprint density at radius 2 is 1.93 bits per heavy atom. The summed E-state index contributed by atoms with van der Waals surface area (Å²) in [7, 11) is 0. The lowest BCUT2D eigenvalue weighted by Gasteiger charge is -2.47. The van der Waals surface area contributed by atoms with Crippen molar-refractivity contribution < 1.29 is 4.39 Å². The van der Waals surface area contributed by atoms with Gasteiger partial charge < -0.3 is 0 Å². The van der Waals surface area contributed by atoms with E-state index in [0.29, 0.717) is 12.1 Å². The first-order valence-electron chi connectivity index (χ1n) is 10.8. The fraction of sp³-hybridized carbons (Fsp3) is 0.652. The predicted molar refractivity (Wildman–Crippen MR) is 116 cm³/mol. The largest absolute Gasteiger partial charge is 0.299 e. The van der Waals surface area contributed by atoms with Crippen molar-refractivity contribution in [3.05, 3.63) is 46.3 Å². The van der Waals surface area contributed by atoms with Crippen molar-refractivity contribution in [1.82, 2.24) is 14.7 Å². The highest BCUT2D eigenvalue weighted by molar-refractivity contribution is 6.29. The lowest BCUT2D eigenvalue weighted by atomic mass is 9.97. The van der Waals surface area contributed by atoms with Crippen molar-refractivity contribution in [3.63, 3.8) is 0 Å². The van der Waals surface area contributed by atoms with Gasteiger partial charge in [-0.3, -0.25) is 14.7 Å². The molecule has 1 atom stereocenters. The van der Waals surface area contributed by atoms with Crippen molar-refractivity contribution in [2.24, 2.45) is 0 Å². The van der Waals surface area contributed by atoms with Gasteiger partial charge in [0.25, 0.3) is 0 Å². The van der Waals surface area contributed by atoms with Gasteiger partial charge in [0.05, 0.1) is 0 Å². The number of likely N-dealkylation sites (tertiary alicyclic amines) is 1. The topological polar surface area (TPSA) is 9.72 Å². The Morgan fingerprint density at radius 3 is 2.57 bits per heavy atom. The van der Waals surface area contributed by atoms with Crippen molar-refractivity contribution in [3.8, 4) is 0 Å². The first-order chi connectivity index (χ1) is 13.5. The Kier molecular flexibility index (Phi) is 7.93. The zero-order valence-corrected chi connectivity index (χ0v) is 18.4. The van der Waals surface area contributed by atoms with Crippen molar-refractivity contribution in [2.75, 3.05) is 39.3 Å². The van der Waals surface area contributed by atoms with Crippen LogP contribution in [0.1, 0.15) is 44.2 Å². The van der Waals surface area contributed by atoms with Crippen molar-refractivity contribution in [2.45, 2.75) is 58.7 Å². The molecule has 28 heavy (non-hydrogen) atoms. The van der Waals surface area contributed by atoms with Crippen LogP contribution in [0.15, 0.2) is 29.3 Å². The van der Waals surface area contributed by atoms with Gasteiger partial charge in [-0.25, -0.2) is 4.39 Å². The van der Waals surface area contributed by atoms with Gasteiger partial charge in [0, 0.05) is 55.4 Å². The van der Waals surface area contributed by atoms with E-state index in [0.717, 1.165) is 62.0 Å². The molecule has 0 aliphatic carbocycles. The van der Waals surface area contributed by atoms with E-state index in [-0.39, 0.29) is 5.82 Å². The van der Waals surface area contributed by atoms with E-state index in [4.69, 9.17) is 11.6 Å². The second-order valence-electron chi connectivity index (χ2n) is 8.37. The Bertz CT molecular complexity index is 670. The Labute approximate surface area is 175 Å². The van der Waals surface area contributed by atoms with Gasteiger partial charge in [-0.2, -0.15) is 0 Å². The SMILES string of the molecule is C/C=C(/Cl)CN1CCN(C2CCN(Cc3ccc(C)cc3F)CC2)C(CC)C1. The number of hydrogen-bond acceptors (Lipinski definition) is 3. The first-order valence-corrected chi connectivity index (χ1v) is 11.1. The monoisotopic (exact) mass is 407 g/mol. The molecule has 0 amide bonds. The molecule has 2 fully saturated rings. The first kappa shape index (κ1) is 21.8. The van der Waals surface area contributed by atoms with E-state index < -0.39 is 0 Å². The van der Waals surface area contributed by atoms with Crippen LogP contribution in [0.2, 0.25) is 0 Å². The van der Waals surface area contributed by atoms with E-state index in [2.05, 4.69) is 21.6 Å². The molecule has 3 nitrogen and oxygen atoms in total. The molecular weight excluding hydrogens is 373 g/mol. The number of piperidine rings is 1. The van der Waals surface area contributed by atoms with Crippen LogP contribution < -0.4 is 0 Å². The number of halogens is 2. The van der Waals surface area contributed by atoms with E-state index in [1.54, 1.807) is 6.07 Å². The minimum atomic E-state index is -0.0657. The minimum absolute atomic E-state index is 0.0657. The number of allylic oxidation sites excluding steroid dienone is 1. The maximum absolute atomic E-state index is 14.2. The van der Waals surface area contributed by atoms with E-state index in [1.165, 1.54) is 19.3 Å².